The van der Waals surface area contributed by atoms with Crippen LogP contribution in [0, 0.1) is 11.3 Å². The summed E-state index contributed by atoms with van der Waals surface area (Å²) in [6, 6.07) is 0. The SMILES string of the molecule is CC(=CCC[C@@]1(C)CC[C@H]([C@H](C)C(=O)O)OO1)CCC1=C(C)CCCC1(C)C. The normalized spacial score (nSPS) is 29.6. The molecular weight excluding hydrogens is 352 g/mol. The molecule has 1 aliphatic carbocycles. The van der Waals surface area contributed by atoms with E-state index in [0.29, 0.717) is 5.41 Å². The van der Waals surface area contributed by atoms with E-state index in [9.17, 15) is 4.79 Å². The summed E-state index contributed by atoms with van der Waals surface area (Å²) in [6.45, 7) is 13.1. The van der Waals surface area contributed by atoms with Crippen LogP contribution in [-0.2, 0) is 14.6 Å². The van der Waals surface area contributed by atoms with Gasteiger partial charge in [-0.15, -0.1) is 0 Å². The van der Waals surface area contributed by atoms with Gasteiger partial charge in [0.2, 0.25) is 0 Å². The van der Waals surface area contributed by atoms with E-state index >= 15 is 0 Å². The van der Waals surface area contributed by atoms with Crippen molar-refractivity contribution in [3.05, 3.63) is 22.8 Å². The van der Waals surface area contributed by atoms with E-state index in [0.717, 1.165) is 32.1 Å². The number of allylic oxidation sites excluding steroid dienone is 4. The topological polar surface area (TPSA) is 55.8 Å². The number of aliphatic carboxylic acids is 1. The second-order valence-corrected chi connectivity index (χ2v) is 9.92. The van der Waals surface area contributed by atoms with Gasteiger partial charge in [0, 0.05) is 0 Å². The Hall–Kier alpha value is -1.13. The molecule has 3 atom stereocenters. The molecule has 2 rings (SSSR count). The van der Waals surface area contributed by atoms with Crippen LogP contribution in [0.1, 0.15) is 99.3 Å². The van der Waals surface area contributed by atoms with Crippen molar-refractivity contribution < 1.29 is 19.7 Å². The van der Waals surface area contributed by atoms with E-state index in [1.165, 1.54) is 31.3 Å². The Bertz CT molecular complexity index is 606. The quantitative estimate of drug-likeness (QED) is 0.373. The Morgan fingerprint density at radius 3 is 2.61 bits per heavy atom. The molecule has 0 bridgehead atoms. The van der Waals surface area contributed by atoms with Gasteiger partial charge in [-0.2, -0.15) is 0 Å². The monoisotopic (exact) mass is 392 g/mol. The second kappa shape index (κ2) is 9.58. The van der Waals surface area contributed by atoms with Gasteiger partial charge in [0.25, 0.3) is 0 Å². The zero-order valence-corrected chi connectivity index (χ0v) is 18.8. The molecule has 0 spiro atoms. The Morgan fingerprint density at radius 1 is 1.32 bits per heavy atom. The van der Waals surface area contributed by atoms with Crippen molar-refractivity contribution in [3.8, 4) is 0 Å². The molecule has 0 aromatic rings. The first-order chi connectivity index (χ1) is 13.0. The highest BCUT2D eigenvalue weighted by Gasteiger charge is 2.37. The molecule has 160 valence electrons. The number of carboxylic acids is 1. The maximum absolute atomic E-state index is 11.1. The standard InChI is InChI=1S/C24H40O4/c1-17(11-12-20-18(2)10-8-14-23(20,4)5)9-7-15-24(6)16-13-21(27-28-24)19(3)22(25)26/h9,19,21H,7-8,10-16H2,1-6H3,(H,25,26)/t19-,21+,24-/m0/s1. The van der Waals surface area contributed by atoms with E-state index in [-0.39, 0.29) is 11.7 Å². The van der Waals surface area contributed by atoms with Crippen LogP contribution in [-0.4, -0.2) is 22.8 Å². The molecule has 1 N–H and O–H groups in total. The third-order valence-electron chi connectivity index (χ3n) is 6.90. The highest BCUT2D eigenvalue weighted by molar-refractivity contribution is 5.70. The smallest absolute Gasteiger partial charge is 0.308 e. The van der Waals surface area contributed by atoms with Crippen LogP contribution in [0.25, 0.3) is 0 Å². The van der Waals surface area contributed by atoms with Crippen molar-refractivity contribution in [1.82, 2.24) is 0 Å². The van der Waals surface area contributed by atoms with E-state index < -0.39 is 11.9 Å². The van der Waals surface area contributed by atoms with Crippen molar-refractivity contribution in [2.24, 2.45) is 11.3 Å². The molecule has 4 nitrogen and oxygen atoms in total. The van der Waals surface area contributed by atoms with Gasteiger partial charge in [0.15, 0.2) is 0 Å². The average Bonchev–Trinajstić information content (AvgIpc) is 2.60. The summed E-state index contributed by atoms with van der Waals surface area (Å²) in [7, 11) is 0. The van der Waals surface area contributed by atoms with Crippen molar-refractivity contribution >= 4 is 5.97 Å². The maximum Gasteiger partial charge on any atom is 0.308 e. The summed E-state index contributed by atoms with van der Waals surface area (Å²) in [4.78, 5) is 22.2. The maximum atomic E-state index is 11.1. The minimum atomic E-state index is -0.831. The fraction of sp³-hybridized carbons (Fsp3) is 0.792. The van der Waals surface area contributed by atoms with Crippen LogP contribution in [0.2, 0.25) is 0 Å². The highest BCUT2D eigenvalue weighted by atomic mass is 17.2. The Kier molecular flexibility index (Phi) is 7.92. The Balaban J connectivity index is 1.79. The lowest BCUT2D eigenvalue weighted by Crippen LogP contribution is -2.41. The molecule has 1 aliphatic heterocycles. The Labute approximate surface area is 171 Å². The van der Waals surface area contributed by atoms with Gasteiger partial charge in [-0.25, -0.2) is 9.78 Å². The minimum absolute atomic E-state index is 0.323. The lowest BCUT2D eigenvalue weighted by Gasteiger charge is -2.37. The lowest BCUT2D eigenvalue weighted by atomic mass is 9.71. The van der Waals surface area contributed by atoms with Crippen molar-refractivity contribution in [3.63, 3.8) is 0 Å². The lowest BCUT2D eigenvalue weighted by molar-refractivity contribution is -0.411. The Morgan fingerprint density at radius 2 is 2.04 bits per heavy atom. The first-order valence-electron chi connectivity index (χ1n) is 11.0. The molecule has 0 unspecified atom stereocenters. The third kappa shape index (κ3) is 6.18. The van der Waals surface area contributed by atoms with Gasteiger partial charge >= 0.3 is 5.97 Å². The van der Waals surface area contributed by atoms with Crippen molar-refractivity contribution in [2.45, 2.75) is 111 Å². The molecule has 0 saturated carbocycles. The van der Waals surface area contributed by atoms with Gasteiger partial charge < -0.3 is 5.11 Å². The average molecular weight is 393 g/mol. The zero-order chi connectivity index (χ0) is 20.9. The number of hydrogen-bond acceptors (Lipinski definition) is 3. The fourth-order valence-corrected chi connectivity index (χ4v) is 4.65. The van der Waals surface area contributed by atoms with E-state index in [1.54, 1.807) is 18.1 Å². The predicted octanol–water partition coefficient (Wildman–Crippen LogP) is 6.61. The van der Waals surface area contributed by atoms with Gasteiger partial charge in [-0.1, -0.05) is 36.6 Å². The molecule has 1 fully saturated rings. The van der Waals surface area contributed by atoms with Crippen molar-refractivity contribution in [1.29, 1.82) is 0 Å². The molecule has 4 heteroatoms. The number of carboxylic acid groups (broad SMARTS) is 1. The summed E-state index contributed by atoms with van der Waals surface area (Å²) >= 11 is 0. The second-order valence-electron chi connectivity index (χ2n) is 9.92. The number of hydrogen-bond donors (Lipinski definition) is 1. The first-order valence-corrected chi connectivity index (χ1v) is 11.0. The van der Waals surface area contributed by atoms with E-state index in [1.807, 2.05) is 0 Å². The number of carbonyl (C=O) groups is 1. The molecule has 1 saturated heterocycles. The molecule has 0 aromatic carbocycles. The van der Waals surface area contributed by atoms with E-state index in [2.05, 4.69) is 40.7 Å². The molecule has 0 amide bonds. The van der Waals surface area contributed by atoms with Crippen LogP contribution < -0.4 is 0 Å². The third-order valence-corrected chi connectivity index (χ3v) is 6.90. The molecule has 28 heavy (non-hydrogen) atoms. The van der Waals surface area contributed by atoms with Gasteiger partial charge in [0.1, 0.15) is 11.7 Å². The predicted molar refractivity (Wildman–Crippen MR) is 113 cm³/mol. The highest BCUT2D eigenvalue weighted by Crippen LogP contribution is 2.42. The summed E-state index contributed by atoms with van der Waals surface area (Å²) in [5, 5.41) is 9.11. The van der Waals surface area contributed by atoms with Gasteiger partial charge in [0.05, 0.1) is 5.92 Å². The summed E-state index contributed by atoms with van der Waals surface area (Å²) in [5.74, 6) is -1.37. The summed E-state index contributed by atoms with van der Waals surface area (Å²) < 4.78 is 0. The van der Waals surface area contributed by atoms with Gasteiger partial charge in [-0.05, 0) is 90.9 Å². The largest absolute Gasteiger partial charge is 0.481 e. The van der Waals surface area contributed by atoms with Crippen LogP contribution in [0.15, 0.2) is 22.8 Å². The van der Waals surface area contributed by atoms with Crippen LogP contribution in [0.5, 0.6) is 0 Å². The van der Waals surface area contributed by atoms with Crippen LogP contribution >= 0.6 is 0 Å². The summed E-state index contributed by atoms with van der Waals surface area (Å²) in [6.07, 6.45) is 11.6. The van der Waals surface area contributed by atoms with Crippen LogP contribution in [0.4, 0.5) is 0 Å². The number of rotatable bonds is 8. The zero-order valence-electron chi connectivity index (χ0n) is 18.8. The van der Waals surface area contributed by atoms with Crippen LogP contribution in [0.3, 0.4) is 0 Å². The molecule has 0 radical (unpaired) electrons. The van der Waals surface area contributed by atoms with E-state index in [4.69, 9.17) is 14.9 Å². The fourth-order valence-electron chi connectivity index (χ4n) is 4.65. The van der Waals surface area contributed by atoms with Crippen molar-refractivity contribution in [2.75, 3.05) is 0 Å². The summed E-state index contributed by atoms with van der Waals surface area (Å²) in [5.41, 5.74) is 4.75. The molecule has 0 aromatic heterocycles. The minimum Gasteiger partial charge on any atom is -0.481 e. The molecule has 2 aliphatic rings. The first kappa shape index (κ1) is 23.2. The molecule has 1 heterocycles. The molecular formula is C24H40O4. The van der Waals surface area contributed by atoms with Gasteiger partial charge in [-0.3, -0.25) is 4.79 Å².